The fourth-order valence-corrected chi connectivity index (χ4v) is 11.8. The van der Waals surface area contributed by atoms with E-state index in [-0.39, 0.29) is 18.9 Å². The Balaban J connectivity index is 1.68. The fraction of sp³-hybridized carbons (Fsp3) is 0.759. The highest BCUT2D eigenvalue weighted by Gasteiger charge is 2.51. The summed E-state index contributed by atoms with van der Waals surface area (Å²) in [6, 6.07) is -0.945. The molecule has 0 radical (unpaired) electrons. The first-order valence-electron chi connectivity index (χ1n) is 37.6. The van der Waals surface area contributed by atoms with Crippen molar-refractivity contribution in [1.82, 2.24) is 5.32 Å². The number of hydrogen-bond donors (Lipinski definition) is 9. The summed E-state index contributed by atoms with van der Waals surface area (Å²) in [5, 5.41) is 87.6. The Morgan fingerprint density at radius 2 is 0.753 bits per heavy atom. The summed E-state index contributed by atoms with van der Waals surface area (Å²) < 4.78 is 22.9. The van der Waals surface area contributed by atoms with Crippen LogP contribution in [-0.2, 0) is 23.7 Å². The van der Waals surface area contributed by atoms with Gasteiger partial charge in [0.25, 0.3) is 0 Å². The van der Waals surface area contributed by atoms with E-state index in [0.717, 1.165) is 83.5 Å². The fourth-order valence-electron chi connectivity index (χ4n) is 11.8. The number of hydrogen-bond acceptors (Lipinski definition) is 13. The maximum Gasteiger partial charge on any atom is 0.220 e. The Kier molecular flexibility index (Phi) is 57.3. The van der Waals surface area contributed by atoms with Gasteiger partial charge in [0.15, 0.2) is 12.6 Å². The number of allylic oxidation sites excluding steroid dienone is 17. The highest BCUT2D eigenvalue weighted by molar-refractivity contribution is 5.76. The first-order valence-corrected chi connectivity index (χ1v) is 37.6. The van der Waals surface area contributed by atoms with Crippen LogP contribution in [0.5, 0.6) is 0 Å². The van der Waals surface area contributed by atoms with Gasteiger partial charge < -0.3 is 65.1 Å². The number of ether oxygens (including phenoxy) is 4. The lowest BCUT2D eigenvalue weighted by Crippen LogP contribution is -2.65. The molecule has 9 N–H and O–H groups in total. The third-order valence-corrected chi connectivity index (χ3v) is 17.7. The molecule has 2 fully saturated rings. The van der Waals surface area contributed by atoms with Crippen LogP contribution in [0.3, 0.4) is 0 Å². The van der Waals surface area contributed by atoms with Crippen molar-refractivity contribution in [1.29, 1.82) is 0 Å². The Bertz CT molecular complexity index is 1980. The van der Waals surface area contributed by atoms with Gasteiger partial charge in [-0.2, -0.15) is 0 Å². The van der Waals surface area contributed by atoms with Crippen LogP contribution in [-0.4, -0.2) is 140 Å². The number of carbonyl (C=O) groups is 1. The average molecular weight is 1310 g/mol. The number of amides is 1. The van der Waals surface area contributed by atoms with E-state index in [1.165, 1.54) is 173 Å². The molecule has 0 aromatic carbocycles. The zero-order chi connectivity index (χ0) is 67.3. The molecule has 0 bridgehead atoms. The molecule has 12 atom stereocenters. The van der Waals surface area contributed by atoms with Crippen LogP contribution in [0.25, 0.3) is 0 Å². The van der Waals surface area contributed by atoms with E-state index in [9.17, 15) is 45.6 Å². The van der Waals surface area contributed by atoms with Crippen molar-refractivity contribution >= 4 is 5.91 Å². The van der Waals surface area contributed by atoms with Gasteiger partial charge in [-0.15, -0.1) is 0 Å². The molecule has 0 aliphatic carbocycles. The standard InChI is InChI=1S/C79H137NO13/c1-3-5-7-9-11-13-15-17-19-21-23-25-27-29-31-33-34-35-37-39-41-43-45-47-49-51-53-55-57-59-61-63-71(84)80-67(66-90-78-76(89)74(87)77(70(65-82)92-78)93-79-75(88)73(86)72(85)69(64-81)91-79)68(83)62-60-58-56-54-52-50-48-46-44-42-40-38-36-32-30-28-26-24-22-20-18-16-14-12-10-8-6-4-2/h5,7,11,13,17,19,23,25,29,31,34-35,39,41,52,54,60,62,67-70,72-79,81-83,85-89H,3-4,6,8-10,12,14-16,18,20-22,24,26-28,30,32-33,36-38,40,42-51,53,55-59,61,63-66H2,1-2H3,(H,80,84)/b7-5-,13-11-,19-17-,25-23-,31-29-,35-34-,41-39-,54-52+,62-60+. The van der Waals surface area contributed by atoms with Gasteiger partial charge in [-0.05, 0) is 89.9 Å². The monoisotopic (exact) mass is 1310 g/mol. The van der Waals surface area contributed by atoms with Gasteiger partial charge in [-0.25, -0.2) is 0 Å². The zero-order valence-electron chi connectivity index (χ0n) is 58.5. The van der Waals surface area contributed by atoms with Crippen LogP contribution >= 0.6 is 0 Å². The number of nitrogens with one attached hydrogen (secondary N) is 1. The van der Waals surface area contributed by atoms with Gasteiger partial charge in [-0.3, -0.25) is 4.79 Å². The van der Waals surface area contributed by atoms with Crippen LogP contribution in [0.4, 0.5) is 0 Å². The van der Waals surface area contributed by atoms with Crippen molar-refractivity contribution in [3.8, 4) is 0 Å². The number of aliphatic hydroxyl groups excluding tert-OH is 8. The average Bonchev–Trinajstić information content (AvgIpc) is 0.851. The second kappa shape index (κ2) is 62.2. The second-order valence-corrected chi connectivity index (χ2v) is 26.0. The molecule has 0 saturated carbocycles. The molecule has 93 heavy (non-hydrogen) atoms. The third kappa shape index (κ3) is 45.7. The van der Waals surface area contributed by atoms with Crippen LogP contribution < -0.4 is 5.32 Å². The molecule has 0 aromatic heterocycles. The minimum absolute atomic E-state index is 0.257. The largest absolute Gasteiger partial charge is 0.394 e. The molecule has 536 valence electrons. The van der Waals surface area contributed by atoms with Crippen molar-refractivity contribution in [2.75, 3.05) is 19.8 Å². The molecule has 2 heterocycles. The normalized spacial score (nSPS) is 23.2. The molecule has 2 aliphatic heterocycles. The predicted octanol–water partition coefficient (Wildman–Crippen LogP) is 16.3. The lowest BCUT2D eigenvalue weighted by molar-refractivity contribution is -0.359. The second-order valence-electron chi connectivity index (χ2n) is 26.0. The Morgan fingerprint density at radius 3 is 1.18 bits per heavy atom. The third-order valence-electron chi connectivity index (χ3n) is 17.7. The SMILES string of the molecule is CC/C=C\C/C=C\C/C=C\C/C=C\C/C=C\C/C=C\C/C=C\CCCCCCCCCCCC(=O)NC(COC1OC(CO)C(OC2OC(CO)C(O)C(O)C2O)C(O)C1O)C(O)/C=C/CC/C=C/CCCCCCCCCCCCCCCCCCCCCCCC. The summed E-state index contributed by atoms with van der Waals surface area (Å²) in [5.74, 6) is -0.257. The molecular weight excluding hydrogens is 1170 g/mol. The summed E-state index contributed by atoms with van der Waals surface area (Å²) in [7, 11) is 0. The summed E-state index contributed by atoms with van der Waals surface area (Å²) in [6.07, 6.45) is 72.9. The van der Waals surface area contributed by atoms with E-state index in [4.69, 9.17) is 18.9 Å². The van der Waals surface area contributed by atoms with Crippen molar-refractivity contribution in [3.05, 3.63) is 109 Å². The van der Waals surface area contributed by atoms with Crippen LogP contribution in [0.2, 0.25) is 0 Å². The Morgan fingerprint density at radius 1 is 0.398 bits per heavy atom. The maximum atomic E-state index is 13.4. The molecule has 14 heteroatoms. The van der Waals surface area contributed by atoms with E-state index in [1.54, 1.807) is 6.08 Å². The molecular formula is C79H137NO13. The van der Waals surface area contributed by atoms with Gasteiger partial charge in [0.2, 0.25) is 5.91 Å². The quantitative estimate of drug-likeness (QED) is 0.0204. The first-order chi connectivity index (χ1) is 45.6. The zero-order valence-corrected chi connectivity index (χ0v) is 58.5. The van der Waals surface area contributed by atoms with Crippen molar-refractivity contribution < 1.29 is 64.6 Å². The lowest BCUT2D eigenvalue weighted by atomic mass is 9.97. The molecule has 14 nitrogen and oxygen atoms in total. The molecule has 2 aliphatic rings. The van der Waals surface area contributed by atoms with Crippen molar-refractivity contribution in [3.63, 3.8) is 0 Å². The van der Waals surface area contributed by atoms with E-state index in [0.29, 0.717) is 12.8 Å². The summed E-state index contributed by atoms with van der Waals surface area (Å²) in [6.45, 7) is 2.69. The van der Waals surface area contributed by atoms with Crippen LogP contribution in [0.15, 0.2) is 109 Å². The highest BCUT2D eigenvalue weighted by atomic mass is 16.7. The minimum atomic E-state index is -1.80. The van der Waals surface area contributed by atoms with Crippen LogP contribution in [0, 0.1) is 0 Å². The summed E-state index contributed by atoms with van der Waals surface area (Å²) in [5.41, 5.74) is 0. The number of unbranched alkanes of at least 4 members (excludes halogenated alkanes) is 32. The Labute approximate surface area is 566 Å². The summed E-state index contributed by atoms with van der Waals surface area (Å²) >= 11 is 0. The molecule has 2 saturated heterocycles. The number of aliphatic hydroxyl groups is 8. The summed E-state index contributed by atoms with van der Waals surface area (Å²) in [4.78, 5) is 13.4. The van der Waals surface area contributed by atoms with E-state index in [2.05, 4.69) is 116 Å². The van der Waals surface area contributed by atoms with Gasteiger partial charge >= 0.3 is 0 Å². The highest BCUT2D eigenvalue weighted by Crippen LogP contribution is 2.30. The first kappa shape index (κ1) is 85.7. The van der Waals surface area contributed by atoms with Gasteiger partial charge in [0.05, 0.1) is 32.0 Å². The van der Waals surface area contributed by atoms with Gasteiger partial charge in [-0.1, -0.05) is 303 Å². The molecule has 1 amide bonds. The molecule has 12 unspecified atom stereocenters. The number of carbonyl (C=O) groups excluding carboxylic acids is 1. The minimum Gasteiger partial charge on any atom is -0.394 e. The lowest BCUT2D eigenvalue weighted by Gasteiger charge is -2.46. The van der Waals surface area contributed by atoms with Gasteiger partial charge in [0, 0.05) is 6.42 Å². The smallest absolute Gasteiger partial charge is 0.220 e. The topological polar surface area (TPSA) is 228 Å². The maximum absolute atomic E-state index is 13.4. The molecule has 0 spiro atoms. The Hall–Kier alpha value is -3.35. The van der Waals surface area contributed by atoms with E-state index < -0.39 is 86.8 Å². The number of rotatable bonds is 61. The molecule has 0 aromatic rings. The van der Waals surface area contributed by atoms with Crippen molar-refractivity contribution in [2.45, 2.75) is 364 Å². The van der Waals surface area contributed by atoms with Crippen molar-refractivity contribution in [2.24, 2.45) is 0 Å². The van der Waals surface area contributed by atoms with E-state index >= 15 is 0 Å². The van der Waals surface area contributed by atoms with Crippen LogP contribution in [0.1, 0.15) is 290 Å². The molecule has 2 rings (SSSR count). The predicted molar refractivity (Wildman–Crippen MR) is 382 cm³/mol. The van der Waals surface area contributed by atoms with E-state index in [1.807, 2.05) is 6.08 Å². The van der Waals surface area contributed by atoms with Gasteiger partial charge in [0.1, 0.15) is 48.8 Å².